The first kappa shape index (κ1) is 14.3. The molecule has 0 fully saturated rings. The van der Waals surface area contributed by atoms with Crippen molar-refractivity contribution in [2.24, 2.45) is 0 Å². The molecule has 0 unspecified atom stereocenters. The topological polar surface area (TPSA) is 32.5 Å². The summed E-state index contributed by atoms with van der Waals surface area (Å²) in [6, 6.07) is 6.00. The van der Waals surface area contributed by atoms with Crippen molar-refractivity contribution < 1.29 is 0 Å². The van der Waals surface area contributed by atoms with Gasteiger partial charge in [0.25, 0.3) is 0 Å². The third kappa shape index (κ3) is 4.56. The zero-order chi connectivity index (χ0) is 12.8. The van der Waals surface area contributed by atoms with Gasteiger partial charge in [0.05, 0.1) is 5.69 Å². The number of benzene rings is 1. The average Bonchev–Trinajstić information content (AvgIpc) is 2.25. The molecule has 0 atom stereocenters. The van der Waals surface area contributed by atoms with Crippen LogP contribution in [0.4, 0.5) is 11.4 Å². The lowest BCUT2D eigenvalue weighted by atomic mass is 10.2. The molecule has 0 aliphatic rings. The van der Waals surface area contributed by atoms with Crippen LogP contribution in [0.5, 0.6) is 0 Å². The van der Waals surface area contributed by atoms with Gasteiger partial charge in [-0.1, -0.05) is 0 Å². The third-order valence-electron chi connectivity index (χ3n) is 2.73. The molecule has 0 spiro atoms. The number of nitrogens with two attached hydrogens (primary N) is 1. The number of rotatable bonds is 6. The van der Waals surface area contributed by atoms with E-state index in [2.05, 4.69) is 52.8 Å². The van der Waals surface area contributed by atoms with E-state index >= 15 is 0 Å². The molecule has 0 aromatic heterocycles. The standard InChI is InChI=1S/C13H22BrN3/c1-4-17(9-5-8-16(2)3)13-7-6-11(15)10-12(13)14/h6-7,10H,4-5,8-9,15H2,1-3H3. The van der Waals surface area contributed by atoms with Gasteiger partial charge in [0.15, 0.2) is 0 Å². The Bertz CT molecular complexity index is 353. The summed E-state index contributed by atoms with van der Waals surface area (Å²) in [4.78, 5) is 4.58. The predicted molar refractivity (Wildman–Crippen MR) is 79.6 cm³/mol. The largest absolute Gasteiger partial charge is 0.399 e. The lowest BCUT2D eigenvalue weighted by Crippen LogP contribution is -2.27. The molecule has 0 aliphatic carbocycles. The molecule has 0 radical (unpaired) electrons. The van der Waals surface area contributed by atoms with E-state index in [0.29, 0.717) is 0 Å². The van der Waals surface area contributed by atoms with Gasteiger partial charge >= 0.3 is 0 Å². The van der Waals surface area contributed by atoms with Crippen molar-refractivity contribution >= 4 is 27.3 Å². The Labute approximate surface area is 113 Å². The maximum absolute atomic E-state index is 5.75. The summed E-state index contributed by atoms with van der Waals surface area (Å²) >= 11 is 3.58. The Balaban J connectivity index is 2.66. The fraction of sp³-hybridized carbons (Fsp3) is 0.538. The van der Waals surface area contributed by atoms with Crippen LogP contribution in [0.3, 0.4) is 0 Å². The van der Waals surface area contributed by atoms with Gasteiger partial charge in [0.1, 0.15) is 0 Å². The SMILES string of the molecule is CCN(CCCN(C)C)c1ccc(N)cc1Br. The summed E-state index contributed by atoms with van der Waals surface area (Å²) in [5, 5.41) is 0. The molecule has 1 aromatic carbocycles. The Morgan fingerprint density at radius 2 is 1.94 bits per heavy atom. The Morgan fingerprint density at radius 3 is 2.47 bits per heavy atom. The average molecular weight is 300 g/mol. The molecule has 1 rings (SSSR count). The van der Waals surface area contributed by atoms with Crippen LogP contribution in [0.15, 0.2) is 22.7 Å². The summed E-state index contributed by atoms with van der Waals surface area (Å²) in [6.07, 6.45) is 1.16. The van der Waals surface area contributed by atoms with E-state index in [1.807, 2.05) is 12.1 Å². The Morgan fingerprint density at radius 1 is 1.24 bits per heavy atom. The number of halogens is 1. The van der Waals surface area contributed by atoms with Crippen molar-refractivity contribution in [1.82, 2.24) is 4.90 Å². The maximum Gasteiger partial charge on any atom is 0.0512 e. The first-order valence-corrected chi connectivity index (χ1v) is 6.78. The minimum absolute atomic E-state index is 0.796. The van der Waals surface area contributed by atoms with E-state index in [1.54, 1.807) is 0 Å². The smallest absolute Gasteiger partial charge is 0.0512 e. The molecule has 0 heterocycles. The van der Waals surface area contributed by atoms with Crippen molar-refractivity contribution in [3.8, 4) is 0 Å². The molecule has 1 aromatic rings. The highest BCUT2D eigenvalue weighted by molar-refractivity contribution is 9.10. The minimum Gasteiger partial charge on any atom is -0.399 e. The summed E-state index contributed by atoms with van der Waals surface area (Å²) in [5.74, 6) is 0. The van der Waals surface area contributed by atoms with E-state index in [4.69, 9.17) is 5.73 Å². The number of anilines is 2. The van der Waals surface area contributed by atoms with E-state index in [1.165, 1.54) is 5.69 Å². The highest BCUT2D eigenvalue weighted by atomic mass is 79.9. The van der Waals surface area contributed by atoms with E-state index < -0.39 is 0 Å². The summed E-state index contributed by atoms with van der Waals surface area (Å²) in [7, 11) is 4.21. The zero-order valence-electron chi connectivity index (χ0n) is 10.9. The first-order valence-electron chi connectivity index (χ1n) is 5.99. The van der Waals surface area contributed by atoms with Gasteiger partial charge in [-0.25, -0.2) is 0 Å². The van der Waals surface area contributed by atoms with Gasteiger partial charge in [-0.15, -0.1) is 0 Å². The van der Waals surface area contributed by atoms with Crippen molar-refractivity contribution in [1.29, 1.82) is 0 Å². The fourth-order valence-electron chi connectivity index (χ4n) is 1.81. The second-order valence-electron chi connectivity index (χ2n) is 4.45. The second-order valence-corrected chi connectivity index (χ2v) is 5.30. The minimum atomic E-state index is 0.796. The van der Waals surface area contributed by atoms with Crippen LogP contribution in [-0.2, 0) is 0 Å². The van der Waals surface area contributed by atoms with Gasteiger partial charge in [-0.05, 0) is 68.1 Å². The molecular weight excluding hydrogens is 278 g/mol. The lowest BCUT2D eigenvalue weighted by molar-refractivity contribution is 0.400. The van der Waals surface area contributed by atoms with E-state index in [-0.39, 0.29) is 0 Å². The van der Waals surface area contributed by atoms with Gasteiger partial charge in [-0.3, -0.25) is 0 Å². The van der Waals surface area contributed by atoms with Crippen LogP contribution in [-0.4, -0.2) is 38.6 Å². The number of nitrogens with zero attached hydrogens (tertiary/aromatic N) is 2. The number of hydrogen-bond donors (Lipinski definition) is 1. The second kappa shape index (κ2) is 6.87. The van der Waals surface area contributed by atoms with Crippen LogP contribution in [0, 0.1) is 0 Å². The summed E-state index contributed by atoms with van der Waals surface area (Å²) in [6.45, 7) is 5.37. The Hall–Kier alpha value is -0.740. The van der Waals surface area contributed by atoms with Gasteiger partial charge < -0.3 is 15.5 Å². The molecule has 2 N–H and O–H groups in total. The summed E-state index contributed by atoms with van der Waals surface area (Å²) in [5.41, 5.74) is 7.77. The van der Waals surface area contributed by atoms with Crippen molar-refractivity contribution in [3.05, 3.63) is 22.7 Å². The Kier molecular flexibility index (Phi) is 5.78. The van der Waals surface area contributed by atoms with Crippen LogP contribution < -0.4 is 10.6 Å². The molecule has 0 aliphatic heterocycles. The van der Waals surface area contributed by atoms with E-state index in [9.17, 15) is 0 Å². The predicted octanol–water partition coefficient (Wildman–Crippen LogP) is 2.81. The van der Waals surface area contributed by atoms with Crippen LogP contribution in [0.2, 0.25) is 0 Å². The molecule has 3 nitrogen and oxygen atoms in total. The molecule has 0 bridgehead atoms. The number of nitrogen functional groups attached to an aromatic ring is 1. The molecule has 17 heavy (non-hydrogen) atoms. The van der Waals surface area contributed by atoms with Gasteiger partial charge in [0.2, 0.25) is 0 Å². The lowest BCUT2D eigenvalue weighted by Gasteiger charge is -2.25. The third-order valence-corrected chi connectivity index (χ3v) is 3.36. The molecule has 0 saturated heterocycles. The first-order chi connectivity index (χ1) is 8.04. The van der Waals surface area contributed by atoms with Crippen LogP contribution in [0.1, 0.15) is 13.3 Å². The maximum atomic E-state index is 5.75. The van der Waals surface area contributed by atoms with Gasteiger partial charge in [0, 0.05) is 23.2 Å². The molecule has 4 heteroatoms. The number of hydrogen-bond acceptors (Lipinski definition) is 3. The quantitative estimate of drug-likeness (QED) is 0.820. The van der Waals surface area contributed by atoms with Crippen LogP contribution >= 0.6 is 15.9 Å². The van der Waals surface area contributed by atoms with Crippen molar-refractivity contribution in [2.45, 2.75) is 13.3 Å². The normalized spacial score (nSPS) is 10.9. The van der Waals surface area contributed by atoms with Gasteiger partial charge in [-0.2, -0.15) is 0 Å². The van der Waals surface area contributed by atoms with E-state index in [0.717, 1.165) is 36.2 Å². The zero-order valence-corrected chi connectivity index (χ0v) is 12.5. The van der Waals surface area contributed by atoms with Crippen LogP contribution in [0.25, 0.3) is 0 Å². The summed E-state index contributed by atoms with van der Waals surface area (Å²) < 4.78 is 1.07. The monoisotopic (exact) mass is 299 g/mol. The highest BCUT2D eigenvalue weighted by Crippen LogP contribution is 2.28. The van der Waals surface area contributed by atoms with Crippen molar-refractivity contribution in [2.75, 3.05) is 44.4 Å². The molecule has 0 amide bonds. The highest BCUT2D eigenvalue weighted by Gasteiger charge is 2.08. The fourth-order valence-corrected chi connectivity index (χ4v) is 2.45. The molecule has 96 valence electrons. The molecular formula is C13H22BrN3. The molecule has 0 saturated carbocycles. The van der Waals surface area contributed by atoms with Crippen molar-refractivity contribution in [3.63, 3.8) is 0 Å².